The van der Waals surface area contributed by atoms with E-state index in [1.165, 1.54) is 0 Å². The van der Waals surface area contributed by atoms with Crippen molar-refractivity contribution < 1.29 is 4.79 Å². The monoisotopic (exact) mass is 365 g/mol. The first-order chi connectivity index (χ1) is 13.0. The average Bonchev–Trinajstić information content (AvgIpc) is 2.94. The van der Waals surface area contributed by atoms with Crippen molar-refractivity contribution in [2.45, 2.75) is 33.7 Å². The molecule has 3 aromatic rings. The Bertz CT molecular complexity index is 931. The van der Waals surface area contributed by atoms with E-state index in [0.29, 0.717) is 24.6 Å². The van der Waals surface area contributed by atoms with E-state index in [-0.39, 0.29) is 5.91 Å². The molecule has 0 radical (unpaired) electrons. The maximum Gasteiger partial charge on any atom is 0.254 e. The minimum absolute atomic E-state index is 0.108. The lowest BCUT2D eigenvalue weighted by Crippen LogP contribution is -2.26. The molecular formula is C21H27N5O. The highest BCUT2D eigenvalue weighted by Gasteiger charge is 2.19. The average molecular weight is 365 g/mol. The molecule has 0 unspecified atom stereocenters. The zero-order valence-corrected chi connectivity index (χ0v) is 16.4. The minimum Gasteiger partial charge on any atom is -0.380 e. The maximum atomic E-state index is 12.8. The van der Waals surface area contributed by atoms with Crippen LogP contribution in [-0.2, 0) is 13.6 Å². The van der Waals surface area contributed by atoms with Gasteiger partial charge in [-0.15, -0.1) is 0 Å². The van der Waals surface area contributed by atoms with Crippen molar-refractivity contribution in [3.63, 3.8) is 0 Å². The van der Waals surface area contributed by atoms with Crippen LogP contribution in [0, 0.1) is 12.8 Å². The molecular weight excluding hydrogens is 338 g/mol. The molecule has 0 aliphatic heterocycles. The van der Waals surface area contributed by atoms with Crippen LogP contribution in [-0.4, -0.2) is 27.2 Å². The summed E-state index contributed by atoms with van der Waals surface area (Å²) in [4.78, 5) is 17.3. The van der Waals surface area contributed by atoms with E-state index in [4.69, 9.17) is 0 Å². The predicted octanol–water partition coefficient (Wildman–Crippen LogP) is 3.66. The van der Waals surface area contributed by atoms with Crippen molar-refractivity contribution in [1.29, 1.82) is 0 Å². The molecule has 0 saturated heterocycles. The zero-order valence-electron chi connectivity index (χ0n) is 16.4. The molecule has 1 aromatic carbocycles. The SMILES string of the molecule is Cc1nn(C)c2ncc(C(=O)NCCC(C)C)c(NCc3ccccc3)c12. The first kappa shape index (κ1) is 18.9. The van der Waals surface area contributed by atoms with Gasteiger partial charge in [-0.25, -0.2) is 4.98 Å². The Morgan fingerprint density at radius 1 is 1.22 bits per heavy atom. The molecule has 0 spiro atoms. The van der Waals surface area contributed by atoms with Gasteiger partial charge in [-0.05, 0) is 24.8 Å². The smallest absolute Gasteiger partial charge is 0.254 e. The largest absolute Gasteiger partial charge is 0.380 e. The molecule has 0 atom stereocenters. The van der Waals surface area contributed by atoms with Gasteiger partial charge in [0, 0.05) is 26.3 Å². The Morgan fingerprint density at radius 2 is 1.96 bits per heavy atom. The lowest BCUT2D eigenvalue weighted by Gasteiger charge is -2.14. The molecule has 2 heterocycles. The van der Waals surface area contributed by atoms with E-state index in [0.717, 1.165) is 34.4 Å². The van der Waals surface area contributed by atoms with Gasteiger partial charge in [0.2, 0.25) is 0 Å². The number of fused-ring (bicyclic) bond motifs is 1. The second-order valence-electron chi connectivity index (χ2n) is 7.23. The van der Waals surface area contributed by atoms with Gasteiger partial charge in [0.25, 0.3) is 5.91 Å². The Morgan fingerprint density at radius 3 is 2.67 bits per heavy atom. The van der Waals surface area contributed by atoms with Crippen molar-refractivity contribution in [2.75, 3.05) is 11.9 Å². The standard InChI is InChI=1S/C21H27N5O/c1-14(2)10-11-22-21(27)17-13-24-20-18(15(3)25-26(20)4)19(17)23-12-16-8-6-5-7-9-16/h5-9,13-14H,10-12H2,1-4H3,(H,22,27)(H,23,24). The normalized spacial score (nSPS) is 11.1. The van der Waals surface area contributed by atoms with Crippen LogP contribution in [0.2, 0.25) is 0 Å². The van der Waals surface area contributed by atoms with Crippen LogP contribution in [0.25, 0.3) is 11.0 Å². The number of aromatic nitrogens is 3. The van der Waals surface area contributed by atoms with Gasteiger partial charge in [-0.3, -0.25) is 9.48 Å². The molecule has 0 bridgehead atoms. The highest BCUT2D eigenvalue weighted by Crippen LogP contribution is 2.29. The summed E-state index contributed by atoms with van der Waals surface area (Å²) in [5, 5.41) is 11.8. The highest BCUT2D eigenvalue weighted by molar-refractivity contribution is 6.07. The van der Waals surface area contributed by atoms with Crippen LogP contribution in [0.4, 0.5) is 5.69 Å². The summed E-state index contributed by atoms with van der Waals surface area (Å²) in [6.07, 6.45) is 2.58. The van der Waals surface area contributed by atoms with E-state index in [9.17, 15) is 4.79 Å². The lowest BCUT2D eigenvalue weighted by atomic mass is 10.1. The molecule has 2 aromatic heterocycles. The summed E-state index contributed by atoms with van der Waals surface area (Å²) in [5.74, 6) is 0.436. The fraction of sp³-hybridized carbons (Fsp3) is 0.381. The van der Waals surface area contributed by atoms with Crippen LogP contribution in [0.15, 0.2) is 36.5 Å². The molecule has 142 valence electrons. The number of rotatable bonds is 7. The van der Waals surface area contributed by atoms with Crippen molar-refractivity contribution in [2.24, 2.45) is 13.0 Å². The Balaban J connectivity index is 1.94. The minimum atomic E-state index is -0.108. The molecule has 3 rings (SSSR count). The molecule has 27 heavy (non-hydrogen) atoms. The number of amides is 1. The number of hydrogen-bond donors (Lipinski definition) is 2. The summed E-state index contributed by atoms with van der Waals surface area (Å²) in [6.45, 7) is 7.51. The number of nitrogens with zero attached hydrogens (tertiary/aromatic N) is 3. The number of anilines is 1. The number of benzene rings is 1. The van der Waals surface area contributed by atoms with Crippen molar-refractivity contribution in [3.05, 3.63) is 53.3 Å². The molecule has 0 saturated carbocycles. The topological polar surface area (TPSA) is 71.8 Å². The maximum absolute atomic E-state index is 12.8. The summed E-state index contributed by atoms with van der Waals surface area (Å²) in [6, 6.07) is 10.1. The van der Waals surface area contributed by atoms with E-state index in [2.05, 4.69) is 46.7 Å². The van der Waals surface area contributed by atoms with Gasteiger partial charge in [-0.1, -0.05) is 44.2 Å². The third-order valence-electron chi connectivity index (χ3n) is 4.59. The molecule has 0 aliphatic carbocycles. The van der Waals surface area contributed by atoms with Crippen LogP contribution in [0.3, 0.4) is 0 Å². The van der Waals surface area contributed by atoms with E-state index >= 15 is 0 Å². The number of nitrogens with one attached hydrogen (secondary N) is 2. The number of aryl methyl sites for hydroxylation is 2. The second-order valence-corrected chi connectivity index (χ2v) is 7.23. The lowest BCUT2D eigenvalue weighted by molar-refractivity contribution is 0.0952. The van der Waals surface area contributed by atoms with Crippen LogP contribution < -0.4 is 10.6 Å². The number of carbonyl (C=O) groups excluding carboxylic acids is 1. The zero-order chi connectivity index (χ0) is 19.4. The second kappa shape index (κ2) is 8.20. The molecule has 1 amide bonds. The first-order valence-corrected chi connectivity index (χ1v) is 9.35. The van der Waals surface area contributed by atoms with Gasteiger partial charge >= 0.3 is 0 Å². The van der Waals surface area contributed by atoms with Crippen LogP contribution in [0.5, 0.6) is 0 Å². The summed E-state index contributed by atoms with van der Waals surface area (Å²) >= 11 is 0. The van der Waals surface area contributed by atoms with E-state index in [1.54, 1.807) is 10.9 Å². The molecule has 0 fully saturated rings. The van der Waals surface area contributed by atoms with Crippen LogP contribution >= 0.6 is 0 Å². The van der Waals surface area contributed by atoms with Gasteiger partial charge in [-0.2, -0.15) is 5.10 Å². The Labute approximate surface area is 160 Å². The molecule has 6 nitrogen and oxygen atoms in total. The van der Waals surface area contributed by atoms with Gasteiger partial charge in [0.1, 0.15) is 0 Å². The fourth-order valence-electron chi connectivity index (χ4n) is 3.12. The summed E-state index contributed by atoms with van der Waals surface area (Å²) < 4.78 is 1.75. The number of hydrogen-bond acceptors (Lipinski definition) is 4. The third kappa shape index (κ3) is 4.27. The van der Waals surface area contributed by atoms with E-state index < -0.39 is 0 Å². The van der Waals surface area contributed by atoms with Crippen molar-refractivity contribution >= 4 is 22.6 Å². The van der Waals surface area contributed by atoms with E-state index in [1.807, 2.05) is 32.2 Å². The molecule has 6 heteroatoms. The Kier molecular flexibility index (Phi) is 5.74. The summed E-state index contributed by atoms with van der Waals surface area (Å²) in [7, 11) is 1.87. The number of pyridine rings is 1. The predicted molar refractivity (Wildman–Crippen MR) is 109 cm³/mol. The van der Waals surface area contributed by atoms with Crippen LogP contribution in [0.1, 0.15) is 41.9 Å². The fourth-order valence-corrected chi connectivity index (χ4v) is 3.12. The molecule has 2 N–H and O–H groups in total. The Hall–Kier alpha value is -2.89. The number of carbonyl (C=O) groups is 1. The third-order valence-corrected chi connectivity index (χ3v) is 4.59. The van der Waals surface area contributed by atoms with Crippen molar-refractivity contribution in [1.82, 2.24) is 20.1 Å². The highest BCUT2D eigenvalue weighted by atomic mass is 16.1. The van der Waals surface area contributed by atoms with Crippen molar-refractivity contribution in [3.8, 4) is 0 Å². The summed E-state index contributed by atoms with van der Waals surface area (Å²) in [5.41, 5.74) is 4.11. The van der Waals surface area contributed by atoms with Gasteiger partial charge in [0.05, 0.1) is 22.3 Å². The van der Waals surface area contributed by atoms with Gasteiger partial charge in [0.15, 0.2) is 5.65 Å². The quantitative estimate of drug-likeness (QED) is 0.670. The van der Waals surface area contributed by atoms with Gasteiger partial charge < -0.3 is 10.6 Å². The first-order valence-electron chi connectivity index (χ1n) is 9.35. The molecule has 0 aliphatic rings.